The Morgan fingerprint density at radius 2 is 1.46 bits per heavy atom. The number of methoxy groups -OCH3 is 2. The molecular formula is C28H39NO5S. The molecule has 35 heavy (non-hydrogen) atoms. The minimum atomic E-state index is -3.63. The average molecular weight is 502 g/mol. The lowest BCUT2D eigenvalue weighted by Crippen LogP contribution is -2.42. The molecule has 1 heterocycles. The minimum absolute atomic E-state index is 0.0328. The van der Waals surface area contributed by atoms with Crippen molar-refractivity contribution < 1.29 is 22.6 Å². The number of nitrogens with zero attached hydrogens (tertiary/aromatic N) is 1. The van der Waals surface area contributed by atoms with E-state index in [0.717, 1.165) is 35.5 Å². The first kappa shape index (κ1) is 27.2. The van der Waals surface area contributed by atoms with Gasteiger partial charge in [-0.2, -0.15) is 4.31 Å². The van der Waals surface area contributed by atoms with Gasteiger partial charge in [0.25, 0.3) is 0 Å². The molecule has 1 fully saturated rings. The Balaban J connectivity index is 1.93. The van der Waals surface area contributed by atoms with Gasteiger partial charge < -0.3 is 14.2 Å². The largest absolute Gasteiger partial charge is 0.497 e. The maximum Gasteiger partial charge on any atom is 0.217 e. The topological polar surface area (TPSA) is 65.1 Å². The van der Waals surface area contributed by atoms with Gasteiger partial charge in [0, 0.05) is 26.3 Å². The molecule has 7 heteroatoms. The van der Waals surface area contributed by atoms with Crippen LogP contribution in [0.5, 0.6) is 11.5 Å². The molecule has 0 bridgehead atoms. The van der Waals surface area contributed by atoms with Crippen LogP contribution in [-0.4, -0.2) is 45.4 Å². The van der Waals surface area contributed by atoms with Crippen LogP contribution >= 0.6 is 0 Å². The third-order valence-corrected chi connectivity index (χ3v) is 9.26. The number of allylic oxidation sites excluding steroid dienone is 1. The van der Waals surface area contributed by atoms with E-state index in [0.29, 0.717) is 45.1 Å². The molecule has 0 aromatic heterocycles. The second kappa shape index (κ2) is 13.1. The van der Waals surface area contributed by atoms with Crippen molar-refractivity contribution in [3.63, 3.8) is 0 Å². The maximum absolute atomic E-state index is 14.3. The lowest BCUT2D eigenvalue weighted by molar-refractivity contribution is 0.0622. The molecule has 0 N–H and O–H groups in total. The van der Waals surface area contributed by atoms with Gasteiger partial charge >= 0.3 is 0 Å². The predicted octanol–water partition coefficient (Wildman–Crippen LogP) is 5.43. The highest BCUT2D eigenvalue weighted by Gasteiger charge is 2.37. The van der Waals surface area contributed by atoms with Crippen molar-refractivity contribution in [1.29, 1.82) is 0 Å². The Morgan fingerprint density at radius 3 is 1.89 bits per heavy atom. The van der Waals surface area contributed by atoms with E-state index in [4.69, 9.17) is 14.2 Å². The normalized spacial score (nSPS) is 16.6. The molecule has 3 rings (SSSR count). The van der Waals surface area contributed by atoms with Crippen LogP contribution in [-0.2, 0) is 27.8 Å². The average Bonchev–Trinajstić information content (AvgIpc) is 2.88. The predicted molar refractivity (Wildman–Crippen MR) is 140 cm³/mol. The summed E-state index contributed by atoms with van der Waals surface area (Å²) in [6.45, 7) is 7.90. The van der Waals surface area contributed by atoms with Crippen LogP contribution < -0.4 is 9.47 Å². The highest BCUT2D eigenvalue weighted by molar-refractivity contribution is 7.89. The zero-order valence-corrected chi connectivity index (χ0v) is 22.0. The van der Waals surface area contributed by atoms with E-state index >= 15 is 0 Å². The molecule has 0 unspecified atom stereocenters. The monoisotopic (exact) mass is 501 g/mol. The molecular weight excluding hydrogens is 462 g/mol. The van der Waals surface area contributed by atoms with E-state index < -0.39 is 15.3 Å². The van der Waals surface area contributed by atoms with Gasteiger partial charge in [0.05, 0.1) is 19.5 Å². The van der Waals surface area contributed by atoms with E-state index in [1.165, 1.54) is 0 Å². The maximum atomic E-state index is 14.3. The smallest absolute Gasteiger partial charge is 0.217 e. The Labute approximate surface area is 210 Å². The lowest BCUT2D eigenvalue weighted by Gasteiger charge is -2.34. The Bertz CT molecular complexity index is 965. The first-order valence-electron chi connectivity index (χ1n) is 12.3. The van der Waals surface area contributed by atoms with Crippen LogP contribution in [0.15, 0.2) is 61.2 Å². The van der Waals surface area contributed by atoms with Gasteiger partial charge in [-0.3, -0.25) is 0 Å². The number of hydrogen-bond acceptors (Lipinski definition) is 5. The fraction of sp³-hybridized carbons (Fsp3) is 0.500. The standard InChI is InChI=1S/C28H39NO5S/c1-5-6-22(2)28(19-23-15-17-34-18-16-23)35(30,31)29(20-24-7-11-26(32-3)12-8-24)21-25-9-13-27(33-4)14-10-25/h5,7-14,22-23,28H,1,6,15-21H2,2-4H3/t22-,28-/m0/s1. The van der Waals surface area contributed by atoms with E-state index in [1.807, 2.05) is 61.5 Å². The van der Waals surface area contributed by atoms with Gasteiger partial charge in [-0.15, -0.1) is 6.58 Å². The molecule has 0 saturated carbocycles. The van der Waals surface area contributed by atoms with Gasteiger partial charge in [0.1, 0.15) is 11.5 Å². The molecule has 0 aliphatic carbocycles. The highest BCUT2D eigenvalue weighted by atomic mass is 32.2. The number of benzene rings is 2. The zero-order valence-electron chi connectivity index (χ0n) is 21.2. The molecule has 1 saturated heterocycles. The fourth-order valence-electron chi connectivity index (χ4n) is 4.67. The van der Waals surface area contributed by atoms with Crippen molar-refractivity contribution in [3.8, 4) is 11.5 Å². The molecule has 0 radical (unpaired) electrons. The summed E-state index contributed by atoms with van der Waals surface area (Å²) in [7, 11) is -0.385. The van der Waals surface area contributed by atoms with Crippen molar-refractivity contribution >= 4 is 10.0 Å². The van der Waals surface area contributed by atoms with Gasteiger partial charge in [-0.05, 0) is 72.9 Å². The van der Waals surface area contributed by atoms with Crippen LogP contribution in [0, 0.1) is 11.8 Å². The third-order valence-electron chi connectivity index (χ3n) is 6.86. The summed E-state index contributed by atoms with van der Waals surface area (Å²) >= 11 is 0. The molecule has 6 nitrogen and oxygen atoms in total. The summed E-state index contributed by atoms with van der Waals surface area (Å²) < 4.78 is 46.3. The van der Waals surface area contributed by atoms with E-state index in [2.05, 4.69) is 6.58 Å². The van der Waals surface area contributed by atoms with Crippen LogP contribution in [0.2, 0.25) is 0 Å². The first-order valence-corrected chi connectivity index (χ1v) is 13.8. The molecule has 2 aromatic carbocycles. The number of rotatable bonds is 13. The van der Waals surface area contributed by atoms with Crippen LogP contribution in [0.3, 0.4) is 0 Å². The van der Waals surface area contributed by atoms with Gasteiger partial charge in [-0.1, -0.05) is 37.3 Å². The minimum Gasteiger partial charge on any atom is -0.497 e. The van der Waals surface area contributed by atoms with Crippen molar-refractivity contribution in [2.24, 2.45) is 11.8 Å². The fourth-order valence-corrected chi connectivity index (χ4v) is 6.92. The number of hydrogen-bond donors (Lipinski definition) is 0. The van der Waals surface area contributed by atoms with Crippen molar-refractivity contribution in [2.45, 2.75) is 50.9 Å². The second-order valence-electron chi connectivity index (χ2n) is 9.34. The molecule has 2 aromatic rings. The summed E-state index contributed by atoms with van der Waals surface area (Å²) in [5.74, 6) is 1.81. The van der Waals surface area contributed by atoms with Crippen LogP contribution in [0.1, 0.15) is 43.7 Å². The summed E-state index contributed by atoms with van der Waals surface area (Å²) in [6.07, 6.45) is 4.94. The Morgan fingerprint density at radius 1 is 0.971 bits per heavy atom. The molecule has 2 atom stereocenters. The molecule has 0 spiro atoms. The summed E-state index contributed by atoms with van der Waals surface area (Å²) in [5, 5.41) is -0.486. The summed E-state index contributed by atoms with van der Waals surface area (Å²) in [6, 6.07) is 15.2. The Kier molecular flexibility index (Phi) is 10.2. The number of sulfonamides is 1. The van der Waals surface area contributed by atoms with E-state index in [-0.39, 0.29) is 5.92 Å². The zero-order chi connectivity index (χ0) is 25.3. The van der Waals surface area contributed by atoms with Crippen molar-refractivity contribution in [2.75, 3.05) is 27.4 Å². The lowest BCUT2D eigenvalue weighted by atomic mass is 9.89. The Hall–Kier alpha value is -2.35. The first-order chi connectivity index (χ1) is 16.9. The van der Waals surface area contributed by atoms with Crippen LogP contribution in [0.4, 0.5) is 0 Å². The SMILES string of the molecule is C=CC[C@H](C)[C@H](CC1CCOCC1)S(=O)(=O)N(Cc1ccc(OC)cc1)Cc1ccc(OC)cc1. The third kappa shape index (κ3) is 7.56. The number of ether oxygens (including phenoxy) is 3. The van der Waals surface area contributed by atoms with Gasteiger partial charge in [0.15, 0.2) is 0 Å². The van der Waals surface area contributed by atoms with E-state index in [1.54, 1.807) is 18.5 Å². The molecule has 0 amide bonds. The summed E-state index contributed by atoms with van der Waals surface area (Å²) in [5.41, 5.74) is 1.84. The summed E-state index contributed by atoms with van der Waals surface area (Å²) in [4.78, 5) is 0. The van der Waals surface area contributed by atoms with E-state index in [9.17, 15) is 8.42 Å². The second-order valence-corrected chi connectivity index (χ2v) is 11.5. The van der Waals surface area contributed by atoms with Gasteiger partial charge in [0.2, 0.25) is 10.0 Å². The molecule has 1 aliphatic rings. The van der Waals surface area contributed by atoms with Gasteiger partial charge in [-0.25, -0.2) is 8.42 Å². The quantitative estimate of drug-likeness (QED) is 0.342. The van der Waals surface area contributed by atoms with Crippen LogP contribution in [0.25, 0.3) is 0 Å². The highest BCUT2D eigenvalue weighted by Crippen LogP contribution is 2.32. The molecule has 192 valence electrons. The van der Waals surface area contributed by atoms with Crippen molar-refractivity contribution in [3.05, 3.63) is 72.3 Å². The molecule has 1 aliphatic heterocycles. The van der Waals surface area contributed by atoms with Crippen molar-refractivity contribution in [1.82, 2.24) is 4.31 Å².